The first-order valence-corrected chi connectivity index (χ1v) is 26.2. The Morgan fingerprint density at radius 1 is 0.417 bits per heavy atom. The van der Waals surface area contributed by atoms with Crippen molar-refractivity contribution in [2.24, 2.45) is 0 Å². The van der Waals surface area contributed by atoms with Crippen molar-refractivity contribution >= 4 is 5.91 Å². The predicted octanol–water partition coefficient (Wildman–Crippen LogP) is 17.0. The molecule has 0 aliphatic heterocycles. The van der Waals surface area contributed by atoms with Gasteiger partial charge in [-0.1, -0.05) is 254 Å². The van der Waals surface area contributed by atoms with Gasteiger partial charge in [-0.3, -0.25) is 4.79 Å². The Balaban J connectivity index is 3.56. The smallest absolute Gasteiger partial charge is 0.220 e. The van der Waals surface area contributed by atoms with Crippen LogP contribution >= 0.6 is 0 Å². The fraction of sp³-hybridized carbons (Fsp3) is 0.768. The summed E-state index contributed by atoms with van der Waals surface area (Å²) in [4.78, 5) is 12.4. The summed E-state index contributed by atoms with van der Waals surface area (Å²) >= 11 is 0. The molecule has 0 radical (unpaired) electrons. The number of carbonyl (C=O) groups is 1. The molecule has 4 heteroatoms. The van der Waals surface area contributed by atoms with Gasteiger partial charge >= 0.3 is 0 Å². The molecule has 0 saturated heterocycles. The summed E-state index contributed by atoms with van der Waals surface area (Å²) in [7, 11) is 0. The van der Waals surface area contributed by atoms with Crippen molar-refractivity contribution in [1.29, 1.82) is 0 Å². The molecular formula is C56H101NO3. The normalized spacial score (nSPS) is 13.5. The fourth-order valence-electron chi connectivity index (χ4n) is 7.72. The summed E-state index contributed by atoms with van der Waals surface area (Å²) in [6.45, 7) is 4.20. The van der Waals surface area contributed by atoms with E-state index < -0.39 is 12.1 Å². The Kier molecular flexibility index (Phi) is 49.3. The molecule has 0 aliphatic carbocycles. The Morgan fingerprint density at radius 2 is 0.750 bits per heavy atom. The van der Waals surface area contributed by atoms with E-state index >= 15 is 0 Å². The molecule has 2 atom stereocenters. The van der Waals surface area contributed by atoms with Crippen LogP contribution in [0.2, 0.25) is 0 Å². The second-order valence-electron chi connectivity index (χ2n) is 17.6. The molecule has 60 heavy (non-hydrogen) atoms. The SMILES string of the molecule is CC/C=C\C/C=C\C/C=C\C/C=C\CCCCCCCCCCCCCCCCC(=O)NC(CO)C(O)/C=C/CC/C=C/CCCCCCCCCCCCCCCCC. The molecule has 0 aromatic heterocycles. The molecule has 0 rings (SSSR count). The lowest BCUT2D eigenvalue weighted by Crippen LogP contribution is -2.45. The minimum Gasteiger partial charge on any atom is -0.394 e. The Bertz CT molecular complexity index is 1040. The van der Waals surface area contributed by atoms with E-state index in [2.05, 4.69) is 79.9 Å². The highest BCUT2D eigenvalue weighted by molar-refractivity contribution is 5.76. The van der Waals surface area contributed by atoms with Gasteiger partial charge in [0.1, 0.15) is 0 Å². The van der Waals surface area contributed by atoms with Crippen molar-refractivity contribution in [2.75, 3.05) is 6.61 Å². The van der Waals surface area contributed by atoms with Crippen molar-refractivity contribution in [3.8, 4) is 0 Å². The summed E-state index contributed by atoms with van der Waals surface area (Å²) in [6.07, 6.45) is 73.3. The number of rotatable bonds is 47. The zero-order valence-electron chi connectivity index (χ0n) is 40.0. The third kappa shape index (κ3) is 46.9. The lowest BCUT2D eigenvalue weighted by atomic mass is 10.0. The van der Waals surface area contributed by atoms with Crippen molar-refractivity contribution in [1.82, 2.24) is 5.32 Å². The van der Waals surface area contributed by atoms with Gasteiger partial charge in [0.15, 0.2) is 0 Å². The molecule has 0 saturated carbocycles. The van der Waals surface area contributed by atoms with Crippen LogP contribution < -0.4 is 5.32 Å². The summed E-state index contributed by atoms with van der Waals surface area (Å²) < 4.78 is 0. The standard InChI is InChI=1S/C56H101NO3/c1-3-5-7-9-11-13-15-17-19-21-23-25-26-27-28-29-30-32-34-36-38-40-42-44-46-48-50-52-56(60)57-54(53-58)55(59)51-49-47-45-43-41-39-37-35-33-31-24-22-20-18-16-14-12-10-8-6-4-2/h5,7,11,13,17,19,23,25,41,43,49,51,54-55,58-59H,3-4,6,8-10,12,14-16,18,20-22,24,26-40,42,44-48,50,52-53H2,1-2H3,(H,57,60)/b7-5-,13-11-,19-17-,25-23-,43-41+,51-49+. The molecule has 3 N–H and O–H groups in total. The topological polar surface area (TPSA) is 69.6 Å². The largest absolute Gasteiger partial charge is 0.394 e. The molecule has 0 aromatic rings. The van der Waals surface area contributed by atoms with Crippen LogP contribution in [0.4, 0.5) is 0 Å². The number of amides is 1. The second kappa shape index (κ2) is 51.2. The van der Waals surface area contributed by atoms with Gasteiger partial charge in [-0.15, -0.1) is 0 Å². The molecule has 0 spiro atoms. The molecule has 0 heterocycles. The molecule has 0 bridgehead atoms. The maximum atomic E-state index is 12.4. The number of nitrogens with one attached hydrogen (secondary N) is 1. The highest BCUT2D eigenvalue weighted by Gasteiger charge is 2.17. The highest BCUT2D eigenvalue weighted by atomic mass is 16.3. The van der Waals surface area contributed by atoms with Crippen LogP contribution in [0.15, 0.2) is 72.9 Å². The van der Waals surface area contributed by atoms with Crippen molar-refractivity contribution in [3.05, 3.63) is 72.9 Å². The Morgan fingerprint density at radius 3 is 1.17 bits per heavy atom. The van der Waals surface area contributed by atoms with Gasteiger partial charge in [0.05, 0.1) is 18.8 Å². The lowest BCUT2D eigenvalue weighted by molar-refractivity contribution is -0.123. The Hall–Kier alpha value is -2.17. The summed E-state index contributed by atoms with van der Waals surface area (Å²) in [5.74, 6) is -0.0749. The third-order valence-electron chi connectivity index (χ3n) is 11.7. The van der Waals surface area contributed by atoms with Crippen molar-refractivity contribution in [3.63, 3.8) is 0 Å². The molecule has 0 fully saturated rings. The van der Waals surface area contributed by atoms with E-state index in [0.717, 1.165) is 57.8 Å². The first-order chi connectivity index (χ1) is 29.7. The minimum atomic E-state index is -0.865. The number of hydrogen-bond acceptors (Lipinski definition) is 3. The summed E-state index contributed by atoms with van der Waals surface area (Å²) in [5.41, 5.74) is 0. The van der Waals surface area contributed by atoms with E-state index in [-0.39, 0.29) is 12.5 Å². The van der Waals surface area contributed by atoms with E-state index in [9.17, 15) is 15.0 Å². The van der Waals surface area contributed by atoms with Crippen LogP contribution in [-0.4, -0.2) is 34.9 Å². The molecule has 4 nitrogen and oxygen atoms in total. The molecule has 1 amide bonds. The maximum absolute atomic E-state index is 12.4. The molecule has 0 aromatic carbocycles. The second-order valence-corrected chi connectivity index (χ2v) is 17.6. The monoisotopic (exact) mass is 836 g/mol. The third-order valence-corrected chi connectivity index (χ3v) is 11.7. The van der Waals surface area contributed by atoms with Crippen LogP contribution in [0.1, 0.15) is 258 Å². The molecular weight excluding hydrogens is 735 g/mol. The van der Waals surface area contributed by atoms with Gasteiger partial charge in [0, 0.05) is 6.42 Å². The number of carbonyl (C=O) groups excluding carboxylic acids is 1. The van der Waals surface area contributed by atoms with E-state index in [1.165, 1.54) is 180 Å². The fourth-order valence-corrected chi connectivity index (χ4v) is 7.72. The van der Waals surface area contributed by atoms with Gasteiger partial charge in [0.25, 0.3) is 0 Å². The quantitative estimate of drug-likeness (QED) is 0.0422. The molecule has 348 valence electrons. The summed E-state index contributed by atoms with van der Waals surface area (Å²) in [5, 5.41) is 23.1. The molecule has 0 aliphatic rings. The van der Waals surface area contributed by atoms with E-state index in [1.54, 1.807) is 6.08 Å². The van der Waals surface area contributed by atoms with Crippen LogP contribution in [0.3, 0.4) is 0 Å². The highest BCUT2D eigenvalue weighted by Crippen LogP contribution is 2.16. The van der Waals surface area contributed by atoms with E-state index in [4.69, 9.17) is 0 Å². The van der Waals surface area contributed by atoms with Crippen LogP contribution in [-0.2, 0) is 4.79 Å². The van der Waals surface area contributed by atoms with Crippen LogP contribution in [0, 0.1) is 0 Å². The number of hydrogen-bond donors (Lipinski definition) is 3. The van der Waals surface area contributed by atoms with Crippen molar-refractivity contribution in [2.45, 2.75) is 270 Å². The lowest BCUT2D eigenvalue weighted by Gasteiger charge is -2.19. The first-order valence-electron chi connectivity index (χ1n) is 26.2. The van der Waals surface area contributed by atoms with E-state index in [0.29, 0.717) is 6.42 Å². The zero-order valence-corrected chi connectivity index (χ0v) is 40.0. The van der Waals surface area contributed by atoms with E-state index in [1.807, 2.05) is 6.08 Å². The average molecular weight is 836 g/mol. The van der Waals surface area contributed by atoms with Gasteiger partial charge in [-0.25, -0.2) is 0 Å². The van der Waals surface area contributed by atoms with Crippen LogP contribution in [0.5, 0.6) is 0 Å². The van der Waals surface area contributed by atoms with Gasteiger partial charge in [0.2, 0.25) is 5.91 Å². The van der Waals surface area contributed by atoms with Gasteiger partial charge in [-0.05, 0) is 70.6 Å². The average Bonchev–Trinajstić information content (AvgIpc) is 3.25. The first kappa shape index (κ1) is 57.8. The van der Waals surface area contributed by atoms with Crippen LogP contribution in [0.25, 0.3) is 0 Å². The van der Waals surface area contributed by atoms with Crippen molar-refractivity contribution < 1.29 is 15.0 Å². The number of allylic oxidation sites excluding steroid dienone is 11. The summed E-state index contributed by atoms with van der Waals surface area (Å²) in [6, 6.07) is -0.643. The predicted molar refractivity (Wildman–Crippen MR) is 267 cm³/mol. The number of unbranched alkanes of at least 4 members (excludes halogenated alkanes) is 30. The Labute approximate surface area is 374 Å². The van der Waals surface area contributed by atoms with Gasteiger partial charge < -0.3 is 15.5 Å². The number of aliphatic hydroxyl groups excluding tert-OH is 2. The molecule has 2 unspecified atom stereocenters. The maximum Gasteiger partial charge on any atom is 0.220 e. The zero-order chi connectivity index (χ0) is 43.5. The minimum absolute atomic E-state index is 0.0749. The van der Waals surface area contributed by atoms with Gasteiger partial charge in [-0.2, -0.15) is 0 Å². The number of aliphatic hydroxyl groups is 2.